The van der Waals surface area contributed by atoms with E-state index in [0.29, 0.717) is 29.4 Å². The molecule has 0 bridgehead atoms. The molecule has 1 aromatic rings. The minimum absolute atomic E-state index is 0.0293. The lowest BCUT2D eigenvalue weighted by Crippen LogP contribution is -2.36. The molecule has 1 aliphatic rings. The first kappa shape index (κ1) is 14.8. The fraction of sp³-hybridized carbons (Fsp3) is 0.364. The summed E-state index contributed by atoms with van der Waals surface area (Å²) in [6, 6.07) is 1.29. The lowest BCUT2D eigenvalue weighted by Gasteiger charge is -2.25. The minimum Gasteiger partial charge on any atom is -0.477 e. The molecule has 9 heteroatoms. The number of halogens is 2. The van der Waals surface area contributed by atoms with Crippen LogP contribution in [0.5, 0.6) is 0 Å². The highest BCUT2D eigenvalue weighted by molar-refractivity contribution is 7.89. The Bertz CT molecular complexity index is 640. The summed E-state index contributed by atoms with van der Waals surface area (Å²) in [5, 5.41) is 8.73. The fourth-order valence-electron chi connectivity index (χ4n) is 1.80. The SMILES string of the molecule is O=C(O)c1c(F)ccc(S(=O)(=O)N2CCCCO2)c1F. The number of carboxylic acid groups (broad SMARTS) is 1. The Morgan fingerprint density at radius 1 is 1.30 bits per heavy atom. The molecule has 1 aromatic carbocycles. The first-order valence-electron chi connectivity index (χ1n) is 5.72. The van der Waals surface area contributed by atoms with E-state index in [1.54, 1.807) is 0 Å². The number of carboxylic acids is 1. The van der Waals surface area contributed by atoms with Gasteiger partial charge in [0, 0.05) is 6.54 Å². The highest BCUT2D eigenvalue weighted by Gasteiger charge is 2.33. The van der Waals surface area contributed by atoms with Gasteiger partial charge in [0.2, 0.25) is 0 Å². The summed E-state index contributed by atoms with van der Waals surface area (Å²) in [5.74, 6) is -4.85. The number of rotatable bonds is 3. The number of sulfonamides is 1. The maximum atomic E-state index is 14.0. The van der Waals surface area contributed by atoms with Gasteiger partial charge in [0.05, 0.1) is 6.61 Å². The first-order valence-corrected chi connectivity index (χ1v) is 7.16. The van der Waals surface area contributed by atoms with Crippen LogP contribution in [0.25, 0.3) is 0 Å². The van der Waals surface area contributed by atoms with Gasteiger partial charge in [-0.05, 0) is 25.0 Å². The third-order valence-corrected chi connectivity index (χ3v) is 4.48. The largest absolute Gasteiger partial charge is 0.477 e. The van der Waals surface area contributed by atoms with Crippen molar-refractivity contribution in [2.75, 3.05) is 13.2 Å². The molecule has 0 atom stereocenters. The topological polar surface area (TPSA) is 83.9 Å². The third-order valence-electron chi connectivity index (χ3n) is 2.79. The number of carbonyl (C=O) groups is 1. The van der Waals surface area contributed by atoms with Gasteiger partial charge in [0.15, 0.2) is 5.82 Å². The number of benzene rings is 1. The summed E-state index contributed by atoms with van der Waals surface area (Å²) in [4.78, 5) is 14.8. The van der Waals surface area contributed by atoms with Crippen molar-refractivity contribution in [3.05, 3.63) is 29.3 Å². The van der Waals surface area contributed by atoms with Gasteiger partial charge < -0.3 is 5.11 Å². The van der Waals surface area contributed by atoms with Crippen molar-refractivity contribution >= 4 is 16.0 Å². The summed E-state index contributed by atoms with van der Waals surface area (Å²) in [5.41, 5.74) is -1.30. The van der Waals surface area contributed by atoms with Gasteiger partial charge in [-0.25, -0.2) is 22.0 Å². The summed E-state index contributed by atoms with van der Waals surface area (Å²) in [6.45, 7) is 0.190. The normalized spacial score (nSPS) is 17.1. The highest BCUT2D eigenvalue weighted by atomic mass is 32.2. The predicted molar refractivity (Wildman–Crippen MR) is 62.4 cm³/mol. The molecule has 0 saturated carbocycles. The Labute approximate surface area is 113 Å². The molecule has 0 aliphatic carbocycles. The Balaban J connectivity index is 2.52. The molecule has 0 amide bonds. The highest BCUT2D eigenvalue weighted by Crippen LogP contribution is 2.25. The molecule has 0 aromatic heterocycles. The van der Waals surface area contributed by atoms with Crippen molar-refractivity contribution in [2.45, 2.75) is 17.7 Å². The Morgan fingerprint density at radius 3 is 2.55 bits per heavy atom. The van der Waals surface area contributed by atoms with Gasteiger partial charge in [-0.1, -0.05) is 4.47 Å². The second-order valence-electron chi connectivity index (χ2n) is 4.11. The van der Waals surface area contributed by atoms with E-state index in [1.807, 2.05) is 0 Å². The fourth-order valence-corrected chi connectivity index (χ4v) is 3.17. The van der Waals surface area contributed by atoms with Gasteiger partial charge in [0.1, 0.15) is 16.3 Å². The van der Waals surface area contributed by atoms with Crippen LogP contribution in [-0.4, -0.2) is 37.1 Å². The molecular formula is C11H11F2NO5S. The molecule has 2 rings (SSSR count). The van der Waals surface area contributed by atoms with Crippen LogP contribution in [0.1, 0.15) is 23.2 Å². The number of hydrogen-bond acceptors (Lipinski definition) is 4. The van der Waals surface area contributed by atoms with Gasteiger partial charge in [-0.3, -0.25) is 4.84 Å². The smallest absolute Gasteiger partial charge is 0.341 e. The molecule has 20 heavy (non-hydrogen) atoms. The lowest BCUT2D eigenvalue weighted by molar-refractivity contribution is -0.109. The van der Waals surface area contributed by atoms with E-state index in [4.69, 9.17) is 9.94 Å². The second-order valence-corrected chi connectivity index (χ2v) is 5.91. The number of hydroxylamine groups is 1. The number of hydrogen-bond donors (Lipinski definition) is 1. The van der Waals surface area contributed by atoms with Crippen LogP contribution in [-0.2, 0) is 14.9 Å². The first-order chi connectivity index (χ1) is 9.35. The quantitative estimate of drug-likeness (QED) is 0.912. The van der Waals surface area contributed by atoms with Crippen molar-refractivity contribution in [1.82, 2.24) is 4.47 Å². The van der Waals surface area contributed by atoms with E-state index >= 15 is 0 Å². The van der Waals surface area contributed by atoms with Crippen LogP contribution in [0, 0.1) is 11.6 Å². The zero-order chi connectivity index (χ0) is 14.9. The molecule has 1 N–H and O–H groups in total. The van der Waals surface area contributed by atoms with E-state index in [2.05, 4.69) is 0 Å². The minimum atomic E-state index is -4.36. The van der Waals surface area contributed by atoms with Gasteiger partial charge in [-0.15, -0.1) is 0 Å². The molecule has 1 fully saturated rings. The summed E-state index contributed by atoms with van der Waals surface area (Å²) >= 11 is 0. The van der Waals surface area contributed by atoms with Crippen LogP contribution in [0.3, 0.4) is 0 Å². The molecule has 1 saturated heterocycles. The lowest BCUT2D eigenvalue weighted by atomic mass is 10.2. The van der Waals surface area contributed by atoms with Crippen LogP contribution in [0.2, 0.25) is 0 Å². The van der Waals surface area contributed by atoms with E-state index in [-0.39, 0.29) is 13.2 Å². The second kappa shape index (κ2) is 5.43. The number of aromatic carboxylic acids is 1. The van der Waals surface area contributed by atoms with Crippen LogP contribution in [0.4, 0.5) is 8.78 Å². The molecule has 1 heterocycles. The van der Waals surface area contributed by atoms with Crippen molar-refractivity contribution in [3.63, 3.8) is 0 Å². The van der Waals surface area contributed by atoms with Crippen LogP contribution >= 0.6 is 0 Å². The zero-order valence-corrected chi connectivity index (χ0v) is 11.0. The predicted octanol–water partition coefficient (Wildman–Crippen LogP) is 1.38. The Kier molecular flexibility index (Phi) is 4.02. The standard InChI is InChI=1S/C11H11F2NO5S/c12-7-3-4-8(10(13)9(7)11(15)16)20(17,18)14-5-1-2-6-19-14/h3-4H,1-2,5-6H2,(H,15,16). The monoisotopic (exact) mass is 307 g/mol. The molecule has 0 radical (unpaired) electrons. The third kappa shape index (κ3) is 2.51. The molecular weight excluding hydrogens is 296 g/mol. The molecule has 0 spiro atoms. The van der Waals surface area contributed by atoms with E-state index in [1.165, 1.54) is 0 Å². The summed E-state index contributed by atoms with van der Waals surface area (Å²) in [6.07, 6.45) is 1.20. The molecule has 110 valence electrons. The zero-order valence-electron chi connectivity index (χ0n) is 10.2. The molecule has 0 unspecified atom stereocenters. The summed E-state index contributed by atoms with van der Waals surface area (Å²) < 4.78 is 52.1. The van der Waals surface area contributed by atoms with Gasteiger partial charge in [0.25, 0.3) is 10.0 Å². The van der Waals surface area contributed by atoms with Crippen molar-refractivity contribution < 1.29 is 31.9 Å². The summed E-state index contributed by atoms with van der Waals surface area (Å²) in [7, 11) is -4.36. The van der Waals surface area contributed by atoms with Crippen molar-refractivity contribution in [1.29, 1.82) is 0 Å². The van der Waals surface area contributed by atoms with E-state index in [9.17, 15) is 22.0 Å². The van der Waals surface area contributed by atoms with Gasteiger partial charge in [-0.2, -0.15) is 0 Å². The Morgan fingerprint density at radius 2 is 2.00 bits per heavy atom. The average molecular weight is 307 g/mol. The van der Waals surface area contributed by atoms with Crippen LogP contribution in [0.15, 0.2) is 17.0 Å². The number of nitrogens with zero attached hydrogens (tertiary/aromatic N) is 1. The van der Waals surface area contributed by atoms with E-state index < -0.39 is 38.1 Å². The van der Waals surface area contributed by atoms with Gasteiger partial charge >= 0.3 is 5.97 Å². The molecule has 1 aliphatic heterocycles. The van der Waals surface area contributed by atoms with E-state index in [0.717, 1.165) is 0 Å². The van der Waals surface area contributed by atoms with Crippen molar-refractivity contribution in [3.8, 4) is 0 Å². The average Bonchev–Trinajstić information content (AvgIpc) is 2.39. The maximum Gasteiger partial charge on any atom is 0.341 e. The molecule has 6 nitrogen and oxygen atoms in total. The van der Waals surface area contributed by atoms with Crippen LogP contribution < -0.4 is 0 Å². The maximum absolute atomic E-state index is 14.0. The Hall–Kier alpha value is -1.58. The van der Waals surface area contributed by atoms with Crippen molar-refractivity contribution in [2.24, 2.45) is 0 Å².